The van der Waals surface area contributed by atoms with Crippen LogP contribution >= 0.6 is 0 Å². The number of hydrogen-bond acceptors (Lipinski definition) is 5. The number of hydrogen-bond donors (Lipinski definition) is 8. The van der Waals surface area contributed by atoms with Crippen LogP contribution in [0.1, 0.15) is 6.92 Å². The van der Waals surface area contributed by atoms with Gasteiger partial charge in [0.1, 0.15) is 0 Å². The molecule has 0 radical (unpaired) electrons. The second kappa shape index (κ2) is 20.7. The average molecular weight is 879 g/mol. The van der Waals surface area contributed by atoms with Crippen molar-refractivity contribution >= 4 is 30.2 Å². The van der Waals surface area contributed by atoms with Gasteiger partial charge in [0, 0.05) is 0 Å². The summed E-state index contributed by atoms with van der Waals surface area (Å²) in [6.07, 6.45) is 0. The van der Waals surface area contributed by atoms with Crippen molar-refractivity contribution in [2.75, 3.05) is 35.2 Å². The molecule has 0 amide bonds. The van der Waals surface area contributed by atoms with Crippen LogP contribution in [0.3, 0.4) is 0 Å². The summed E-state index contributed by atoms with van der Waals surface area (Å²) in [6, 6.07) is 0. The number of nitrogens with zero attached hydrogens (tertiary/aromatic N) is 3. The molecule has 150 valence electrons. The van der Waals surface area contributed by atoms with Crippen molar-refractivity contribution in [3.05, 3.63) is 0 Å². The van der Waals surface area contributed by atoms with Gasteiger partial charge in [0.25, 0.3) is 0 Å². The van der Waals surface area contributed by atoms with Gasteiger partial charge in [-0.3, -0.25) is 0 Å². The minimum absolute atomic E-state index is 0.439. The average Bonchev–Trinajstić information content (AvgIpc) is 2.61. The van der Waals surface area contributed by atoms with Crippen molar-refractivity contribution < 1.29 is 58.1 Å². The third kappa shape index (κ3) is 25.6. The topological polar surface area (TPSA) is 175 Å². The first kappa shape index (κ1) is 30.1. The van der Waals surface area contributed by atoms with Crippen molar-refractivity contribution in [3.63, 3.8) is 0 Å². The Labute approximate surface area is 188 Å². The molecule has 0 atom stereocenters. The predicted octanol–water partition coefficient (Wildman–Crippen LogP) is -4.03. The summed E-state index contributed by atoms with van der Waals surface area (Å²) in [5, 5.41) is 14.4. The number of nitrogens with one attached hydrogen (secondary N) is 5. The molecular formula is C12H29N11W3. The Morgan fingerprint density at radius 3 is 1.08 bits per heavy atom. The van der Waals surface area contributed by atoms with Crippen molar-refractivity contribution in [2.45, 2.75) is 6.92 Å². The van der Waals surface area contributed by atoms with Crippen LogP contribution in [-0.2, 0) is 58.1 Å². The molecule has 11 nitrogen and oxygen atoms in total. The molecule has 0 aromatic heterocycles. The molecule has 0 aliphatic rings. The zero-order chi connectivity index (χ0) is 21.1. The number of rotatable bonds is 5. The van der Waals surface area contributed by atoms with Gasteiger partial charge in [-0.2, -0.15) is 0 Å². The Bertz CT molecular complexity index is 497. The molecule has 11 N–H and O–H groups in total. The van der Waals surface area contributed by atoms with Crippen LogP contribution in [0.25, 0.3) is 0 Å². The van der Waals surface area contributed by atoms with Gasteiger partial charge < -0.3 is 0 Å². The third-order valence-electron chi connectivity index (χ3n) is 1.96. The van der Waals surface area contributed by atoms with Gasteiger partial charge in [-0.25, -0.2) is 0 Å². The number of nitrogens with two attached hydrogens (primary N) is 3. The van der Waals surface area contributed by atoms with Crippen molar-refractivity contribution in [1.82, 2.24) is 26.6 Å². The van der Waals surface area contributed by atoms with E-state index in [-0.39, 0.29) is 0 Å². The molecule has 0 aliphatic heterocycles. The summed E-state index contributed by atoms with van der Waals surface area (Å²) in [6.45, 7) is 1.97. The molecule has 0 rings (SSSR count). The molecule has 0 aromatic carbocycles. The summed E-state index contributed by atoms with van der Waals surface area (Å²) in [4.78, 5) is 11.1. The zero-order valence-electron chi connectivity index (χ0n) is 15.8. The van der Waals surface area contributed by atoms with Crippen LogP contribution in [0.2, 0.25) is 0 Å². The van der Waals surface area contributed by atoms with Crippen molar-refractivity contribution in [1.29, 1.82) is 0 Å². The summed E-state index contributed by atoms with van der Waals surface area (Å²) in [5.41, 5.74) is 16.0. The molecule has 14 heteroatoms. The van der Waals surface area contributed by atoms with Gasteiger partial charge in [0.05, 0.1) is 0 Å². The third-order valence-corrected chi connectivity index (χ3v) is 4.53. The molecule has 0 saturated heterocycles. The van der Waals surface area contributed by atoms with E-state index in [0.717, 1.165) is 12.3 Å². The fourth-order valence-corrected chi connectivity index (χ4v) is 1.83. The van der Waals surface area contributed by atoms with Crippen LogP contribution in [0, 0.1) is 0 Å². The van der Waals surface area contributed by atoms with Crippen molar-refractivity contribution in [2.24, 2.45) is 32.2 Å². The van der Waals surface area contributed by atoms with Gasteiger partial charge in [0.2, 0.25) is 0 Å². The van der Waals surface area contributed by atoms with E-state index in [1.807, 2.05) is 21.0 Å². The fourth-order valence-electron chi connectivity index (χ4n) is 0.706. The Hall–Kier alpha value is -0.595. The zero-order valence-corrected chi connectivity index (χ0v) is 24.6. The Balaban J connectivity index is -0.000000306. The van der Waals surface area contributed by atoms with Crippen LogP contribution < -0.4 is 43.8 Å². The predicted molar refractivity (Wildman–Crippen MR) is 101 cm³/mol. The number of aliphatic imine (C=N–C) groups is 3. The second-order valence-electron chi connectivity index (χ2n) is 3.92. The van der Waals surface area contributed by atoms with Crippen molar-refractivity contribution in [3.8, 4) is 0 Å². The summed E-state index contributed by atoms with van der Waals surface area (Å²) in [7, 11) is 8.60. The monoisotopic (exact) mass is 879 g/mol. The van der Waals surface area contributed by atoms with Crippen LogP contribution in [0.5, 0.6) is 0 Å². The molecule has 26 heavy (non-hydrogen) atoms. The molecule has 0 unspecified atom stereocenters. The molecule has 0 bridgehead atoms. The SMILES string of the molecule is CN=C(N)N[C](=[W])NC.CN=C(N)N[C](=[W])NC.CN=C(N)N[C](C)=[W]. The summed E-state index contributed by atoms with van der Waals surface area (Å²) < 4.78 is 3.07. The van der Waals surface area contributed by atoms with Crippen LogP contribution in [-0.4, -0.2) is 65.4 Å². The maximum atomic E-state index is 5.34. The summed E-state index contributed by atoms with van der Waals surface area (Å²) in [5.74, 6) is 1.36. The van der Waals surface area contributed by atoms with E-state index in [4.69, 9.17) is 17.2 Å². The summed E-state index contributed by atoms with van der Waals surface area (Å²) >= 11 is 3.99. The van der Waals surface area contributed by atoms with E-state index in [0.29, 0.717) is 17.9 Å². The van der Waals surface area contributed by atoms with Gasteiger partial charge in [-0.15, -0.1) is 0 Å². The maximum absolute atomic E-state index is 5.34. The van der Waals surface area contributed by atoms with Gasteiger partial charge in [0.15, 0.2) is 0 Å². The first-order valence-corrected chi connectivity index (χ1v) is 11.4. The van der Waals surface area contributed by atoms with E-state index in [9.17, 15) is 0 Å². The molecule has 0 heterocycles. The Morgan fingerprint density at radius 1 is 0.654 bits per heavy atom. The molecule has 0 fully saturated rings. The van der Waals surface area contributed by atoms with Gasteiger partial charge in [-0.05, 0) is 0 Å². The van der Waals surface area contributed by atoms with Gasteiger partial charge in [-0.1, -0.05) is 0 Å². The molecule has 0 aliphatic carbocycles. The Morgan fingerprint density at radius 2 is 0.923 bits per heavy atom. The molecule has 0 aromatic rings. The quantitative estimate of drug-likeness (QED) is 0.102. The van der Waals surface area contributed by atoms with Crippen LogP contribution in [0.15, 0.2) is 15.0 Å². The standard InChI is InChI=1S/2C4H10N4.C4H9N3.3W/c2*1-6-3-8-4(5)7-2;1-3-7-4(5)6-2;;;/h2*6H,1-2H3,(H3,5,7,8);1-2H3,(H3,5,6,7);;;. The second-order valence-corrected chi connectivity index (χ2v) is 9.05. The molecule has 0 saturated carbocycles. The van der Waals surface area contributed by atoms with E-state index in [1.54, 1.807) is 21.1 Å². The normalized spacial score (nSPS) is 11.1. The van der Waals surface area contributed by atoms with E-state index < -0.39 is 0 Å². The van der Waals surface area contributed by atoms with E-state index >= 15 is 0 Å². The van der Waals surface area contributed by atoms with E-state index in [2.05, 4.69) is 41.6 Å². The Kier molecular flexibility index (Phi) is 24.0. The first-order chi connectivity index (χ1) is 12.1. The molecular weight excluding hydrogens is 850 g/mol. The first-order valence-electron chi connectivity index (χ1n) is 6.99. The van der Waals surface area contributed by atoms with Gasteiger partial charge >= 0.3 is 189 Å². The minimum atomic E-state index is 0.439. The molecule has 0 spiro atoms. The van der Waals surface area contributed by atoms with E-state index in [1.165, 1.54) is 58.1 Å². The van der Waals surface area contributed by atoms with Crippen LogP contribution in [0.4, 0.5) is 0 Å². The number of guanidine groups is 3. The fraction of sp³-hybridized carbons (Fsp3) is 0.500.